The maximum Gasteiger partial charge on any atom is 0.342 e. The molecular formula is C40H30NO2P. The lowest BCUT2D eigenvalue weighted by Crippen LogP contribution is -2.27. The van der Waals surface area contributed by atoms with Gasteiger partial charge in [0, 0.05) is 10.8 Å². The molecule has 0 unspecified atom stereocenters. The lowest BCUT2D eigenvalue weighted by atomic mass is 9.89. The SMILES string of the molecule is Cc1cccc2c1N(p1oc3ccc4ccccc4c3c3c(ccc4ccccc43)o1)[C@H](c1cccc3ccccc13)CC2. The average Bonchev–Trinajstić information content (AvgIpc) is 3.25. The highest BCUT2D eigenvalue weighted by Gasteiger charge is 2.34. The molecule has 0 spiro atoms. The van der Waals surface area contributed by atoms with Crippen molar-refractivity contribution in [3.8, 4) is 0 Å². The fourth-order valence-corrected chi connectivity index (χ4v) is 9.06. The topological polar surface area (TPSA) is 29.5 Å². The molecular weight excluding hydrogens is 557 g/mol. The lowest BCUT2D eigenvalue weighted by Gasteiger charge is -2.37. The third-order valence-corrected chi connectivity index (χ3v) is 10.8. The Morgan fingerprint density at radius 2 is 1.11 bits per heavy atom. The molecule has 1 atom stereocenters. The van der Waals surface area contributed by atoms with E-state index in [1.807, 2.05) is 0 Å². The molecule has 0 saturated carbocycles. The van der Waals surface area contributed by atoms with Crippen molar-refractivity contribution in [2.24, 2.45) is 0 Å². The number of fused-ring (bicyclic) bond motifs is 9. The summed E-state index contributed by atoms with van der Waals surface area (Å²) in [5.74, 6) is 0. The molecule has 4 heteroatoms. The molecule has 0 aliphatic carbocycles. The van der Waals surface area contributed by atoms with Gasteiger partial charge in [0.25, 0.3) is 0 Å². The van der Waals surface area contributed by atoms with E-state index >= 15 is 0 Å². The van der Waals surface area contributed by atoms with Crippen LogP contribution in [0.5, 0.6) is 0 Å². The Balaban J connectivity index is 1.43. The van der Waals surface area contributed by atoms with Crippen LogP contribution in [0.3, 0.4) is 0 Å². The Morgan fingerprint density at radius 1 is 0.568 bits per heavy atom. The largest absolute Gasteiger partial charge is 0.404 e. The summed E-state index contributed by atoms with van der Waals surface area (Å²) in [7, 11) is -1.59. The van der Waals surface area contributed by atoms with Gasteiger partial charge >= 0.3 is 8.16 Å². The Morgan fingerprint density at radius 3 is 1.77 bits per heavy atom. The predicted molar refractivity (Wildman–Crippen MR) is 185 cm³/mol. The first-order valence-corrected chi connectivity index (χ1v) is 16.4. The van der Waals surface area contributed by atoms with Crippen molar-refractivity contribution < 1.29 is 8.39 Å². The van der Waals surface area contributed by atoms with Crippen LogP contribution in [0.2, 0.25) is 0 Å². The summed E-state index contributed by atoms with van der Waals surface area (Å²) in [5.41, 5.74) is 6.86. The first-order valence-electron chi connectivity index (χ1n) is 15.3. The molecule has 7 aromatic carbocycles. The zero-order chi connectivity index (χ0) is 29.2. The van der Waals surface area contributed by atoms with Gasteiger partial charge in [0.05, 0.1) is 11.7 Å². The first-order chi connectivity index (χ1) is 21.7. The summed E-state index contributed by atoms with van der Waals surface area (Å²) in [6.07, 6.45) is 1.98. The van der Waals surface area contributed by atoms with Crippen molar-refractivity contribution >= 4 is 68.1 Å². The quantitative estimate of drug-likeness (QED) is 0.201. The number of hydrogen-bond donors (Lipinski definition) is 0. The molecule has 1 aliphatic heterocycles. The minimum absolute atomic E-state index is 0.0896. The highest BCUT2D eigenvalue weighted by molar-refractivity contribution is 7.39. The second-order valence-corrected chi connectivity index (χ2v) is 13.1. The summed E-state index contributed by atoms with van der Waals surface area (Å²) >= 11 is 0. The van der Waals surface area contributed by atoms with Gasteiger partial charge in [-0.15, -0.1) is 0 Å². The number of para-hydroxylation sites is 1. The molecule has 1 aromatic heterocycles. The summed E-state index contributed by atoms with van der Waals surface area (Å²) in [6, 6.07) is 48.0. The van der Waals surface area contributed by atoms with Crippen molar-refractivity contribution in [2.45, 2.75) is 25.8 Å². The molecule has 1 aliphatic rings. The van der Waals surface area contributed by atoms with Crippen LogP contribution in [0, 0.1) is 6.92 Å². The van der Waals surface area contributed by atoms with E-state index in [-0.39, 0.29) is 6.04 Å². The number of anilines is 1. The van der Waals surface area contributed by atoms with Crippen LogP contribution in [0.25, 0.3) is 54.3 Å². The highest BCUT2D eigenvalue weighted by Crippen LogP contribution is 2.53. The van der Waals surface area contributed by atoms with Gasteiger partial charge in [-0.3, -0.25) is 4.67 Å². The maximum atomic E-state index is 7.18. The van der Waals surface area contributed by atoms with E-state index in [9.17, 15) is 0 Å². The highest BCUT2D eigenvalue weighted by atomic mass is 31.1. The molecule has 8 aromatic rings. The minimum Gasteiger partial charge on any atom is -0.404 e. The third-order valence-electron chi connectivity index (χ3n) is 9.28. The fraction of sp³-hybridized carbons (Fsp3) is 0.100. The van der Waals surface area contributed by atoms with E-state index in [2.05, 4.69) is 145 Å². The van der Waals surface area contributed by atoms with Gasteiger partial charge in [-0.1, -0.05) is 121 Å². The Bertz CT molecular complexity index is 2340. The molecule has 2 heterocycles. The summed E-state index contributed by atoms with van der Waals surface area (Å²) in [5, 5.41) is 9.45. The molecule has 0 radical (unpaired) electrons. The molecule has 44 heavy (non-hydrogen) atoms. The van der Waals surface area contributed by atoms with Crippen LogP contribution in [0.1, 0.15) is 29.2 Å². The maximum absolute atomic E-state index is 7.18. The van der Waals surface area contributed by atoms with Gasteiger partial charge in [-0.2, -0.15) is 0 Å². The molecule has 9 rings (SSSR count). The smallest absolute Gasteiger partial charge is 0.342 e. The molecule has 0 N–H and O–H groups in total. The zero-order valence-electron chi connectivity index (χ0n) is 24.4. The molecule has 3 nitrogen and oxygen atoms in total. The molecule has 0 fully saturated rings. The van der Waals surface area contributed by atoms with E-state index in [1.54, 1.807) is 0 Å². The summed E-state index contributed by atoms with van der Waals surface area (Å²) in [6.45, 7) is 2.22. The van der Waals surface area contributed by atoms with E-state index in [1.165, 1.54) is 54.7 Å². The van der Waals surface area contributed by atoms with E-state index in [0.29, 0.717) is 0 Å². The number of benzene rings is 7. The summed E-state index contributed by atoms with van der Waals surface area (Å²) in [4.78, 5) is 0. The zero-order valence-corrected chi connectivity index (χ0v) is 25.3. The standard InChI is InChI=1S/C40H30NO2P/c1-26-10-8-15-30-20-23-35(34-19-9-14-27-11-2-5-16-31(27)34)41(40(26)30)44-42-36-24-21-28-12-3-6-17-32(28)38(36)39-33-18-7-4-13-29(33)22-25-37(39)43-44/h2-19,21-22,24-25,35H,20,23H2,1H3/t35-/m0/s1. The number of rotatable bonds is 2. The van der Waals surface area contributed by atoms with Crippen LogP contribution in [0.4, 0.5) is 5.69 Å². The fourth-order valence-electron chi connectivity index (χ4n) is 7.29. The molecule has 212 valence electrons. The molecule has 0 bridgehead atoms. The van der Waals surface area contributed by atoms with Crippen molar-refractivity contribution in [3.63, 3.8) is 0 Å². The second-order valence-electron chi connectivity index (χ2n) is 11.8. The summed E-state index contributed by atoms with van der Waals surface area (Å²) < 4.78 is 16.8. The second kappa shape index (κ2) is 10.0. The predicted octanol–water partition coefficient (Wildman–Crippen LogP) is 12.0. The van der Waals surface area contributed by atoms with Gasteiger partial charge in [0.2, 0.25) is 0 Å². The van der Waals surface area contributed by atoms with Gasteiger partial charge in [0.15, 0.2) is 0 Å². The van der Waals surface area contributed by atoms with Crippen LogP contribution < -0.4 is 4.67 Å². The van der Waals surface area contributed by atoms with Crippen molar-refractivity contribution in [3.05, 3.63) is 150 Å². The number of nitrogens with zero attached hydrogens (tertiary/aromatic N) is 1. The lowest BCUT2D eigenvalue weighted by molar-refractivity contribution is 0.577. The van der Waals surface area contributed by atoms with Gasteiger partial charge in [-0.25, -0.2) is 0 Å². The van der Waals surface area contributed by atoms with E-state index in [4.69, 9.17) is 8.39 Å². The average molecular weight is 588 g/mol. The Kier molecular flexibility index (Phi) is 5.82. The van der Waals surface area contributed by atoms with Crippen molar-refractivity contribution in [2.75, 3.05) is 4.67 Å². The monoisotopic (exact) mass is 587 g/mol. The van der Waals surface area contributed by atoms with Crippen LogP contribution in [-0.2, 0) is 6.42 Å². The Labute approximate surface area is 256 Å². The van der Waals surface area contributed by atoms with Gasteiger partial charge in [-0.05, 0) is 80.9 Å². The Hall–Kier alpha value is -4.98. The van der Waals surface area contributed by atoms with Gasteiger partial charge in [0.1, 0.15) is 11.2 Å². The van der Waals surface area contributed by atoms with Crippen molar-refractivity contribution in [1.82, 2.24) is 0 Å². The third kappa shape index (κ3) is 3.90. The van der Waals surface area contributed by atoms with E-state index < -0.39 is 8.16 Å². The number of hydrogen-bond acceptors (Lipinski definition) is 3. The first kappa shape index (κ1) is 25.5. The van der Waals surface area contributed by atoms with Gasteiger partial charge < -0.3 is 8.39 Å². The van der Waals surface area contributed by atoms with Crippen molar-refractivity contribution in [1.29, 1.82) is 0 Å². The van der Waals surface area contributed by atoms with E-state index in [0.717, 1.165) is 34.8 Å². The minimum atomic E-state index is -1.59. The molecule has 0 amide bonds. The van der Waals surface area contributed by atoms with Crippen LogP contribution in [-0.4, -0.2) is 0 Å². The van der Waals surface area contributed by atoms with Crippen LogP contribution >= 0.6 is 8.16 Å². The normalized spacial score (nSPS) is 14.9. The number of aryl methyl sites for hydroxylation is 2. The molecule has 0 saturated heterocycles. The van der Waals surface area contributed by atoms with Crippen LogP contribution in [0.15, 0.2) is 142 Å².